The van der Waals surface area contributed by atoms with Gasteiger partial charge in [0.05, 0.1) is 5.56 Å². The van der Waals surface area contributed by atoms with Gasteiger partial charge >= 0.3 is 0 Å². The van der Waals surface area contributed by atoms with Crippen molar-refractivity contribution >= 4 is 22.8 Å². The standard InChI is InChI=1S/C17H17NO3/c1-17(2)9-8-12-13(16(20)18-3)14(19)10-6-4-5-7-11(10)15(12)21-17/h4-9,19H,1-3H3,(H,18,20). The van der Waals surface area contributed by atoms with E-state index in [4.69, 9.17) is 4.74 Å². The van der Waals surface area contributed by atoms with Crippen LogP contribution in [0.3, 0.4) is 0 Å². The predicted molar refractivity (Wildman–Crippen MR) is 82.7 cm³/mol. The van der Waals surface area contributed by atoms with Crippen LogP contribution >= 0.6 is 0 Å². The largest absolute Gasteiger partial charge is 0.506 e. The molecule has 2 N–H and O–H groups in total. The molecule has 0 bridgehead atoms. The van der Waals surface area contributed by atoms with Crippen molar-refractivity contribution in [3.63, 3.8) is 0 Å². The minimum absolute atomic E-state index is 0.0170. The number of rotatable bonds is 1. The zero-order valence-corrected chi connectivity index (χ0v) is 12.2. The number of hydrogen-bond acceptors (Lipinski definition) is 3. The number of hydrogen-bond donors (Lipinski definition) is 2. The van der Waals surface area contributed by atoms with E-state index in [0.717, 1.165) is 5.39 Å². The summed E-state index contributed by atoms with van der Waals surface area (Å²) in [7, 11) is 1.54. The molecule has 0 saturated carbocycles. The van der Waals surface area contributed by atoms with E-state index >= 15 is 0 Å². The lowest BCUT2D eigenvalue weighted by Gasteiger charge is -2.30. The van der Waals surface area contributed by atoms with Gasteiger partial charge in [0.15, 0.2) is 0 Å². The first-order valence-electron chi connectivity index (χ1n) is 6.82. The van der Waals surface area contributed by atoms with Crippen molar-refractivity contribution in [2.75, 3.05) is 7.05 Å². The van der Waals surface area contributed by atoms with E-state index in [-0.39, 0.29) is 17.2 Å². The molecule has 3 rings (SSSR count). The average Bonchev–Trinajstić information content (AvgIpc) is 2.47. The molecule has 4 nitrogen and oxygen atoms in total. The first-order valence-corrected chi connectivity index (χ1v) is 6.82. The maximum Gasteiger partial charge on any atom is 0.255 e. The summed E-state index contributed by atoms with van der Waals surface area (Å²) in [6.07, 6.45) is 3.73. The van der Waals surface area contributed by atoms with Crippen molar-refractivity contribution in [3.05, 3.63) is 41.5 Å². The fourth-order valence-corrected chi connectivity index (χ4v) is 2.61. The molecule has 0 fully saturated rings. The number of nitrogens with one attached hydrogen (secondary N) is 1. The van der Waals surface area contributed by atoms with E-state index < -0.39 is 5.60 Å². The van der Waals surface area contributed by atoms with E-state index in [1.807, 2.05) is 44.2 Å². The molecular weight excluding hydrogens is 266 g/mol. The van der Waals surface area contributed by atoms with Gasteiger partial charge in [-0.05, 0) is 19.9 Å². The highest BCUT2D eigenvalue weighted by Crippen LogP contribution is 2.44. The maximum atomic E-state index is 12.2. The minimum atomic E-state index is -0.452. The Morgan fingerprint density at radius 1 is 1.24 bits per heavy atom. The second kappa shape index (κ2) is 4.52. The molecule has 0 aromatic heterocycles. The summed E-state index contributed by atoms with van der Waals surface area (Å²) in [5.74, 6) is 0.286. The van der Waals surface area contributed by atoms with Crippen molar-refractivity contribution in [1.29, 1.82) is 0 Å². The Morgan fingerprint density at radius 2 is 1.90 bits per heavy atom. The van der Waals surface area contributed by atoms with E-state index in [2.05, 4.69) is 5.32 Å². The number of phenolic OH excluding ortho intramolecular Hbond substituents is 1. The van der Waals surface area contributed by atoms with Crippen molar-refractivity contribution in [2.45, 2.75) is 19.4 Å². The van der Waals surface area contributed by atoms with Crippen LogP contribution in [-0.2, 0) is 0 Å². The quantitative estimate of drug-likeness (QED) is 0.845. The van der Waals surface area contributed by atoms with E-state index in [1.165, 1.54) is 0 Å². The Morgan fingerprint density at radius 3 is 2.57 bits per heavy atom. The smallest absolute Gasteiger partial charge is 0.255 e. The third kappa shape index (κ3) is 2.03. The Hall–Kier alpha value is -2.49. The lowest BCUT2D eigenvalue weighted by atomic mass is 9.93. The number of benzene rings is 2. The molecule has 1 aliphatic rings. The monoisotopic (exact) mass is 283 g/mol. The molecule has 108 valence electrons. The lowest BCUT2D eigenvalue weighted by Crippen LogP contribution is -2.29. The Bertz CT molecular complexity index is 775. The van der Waals surface area contributed by atoms with Crippen molar-refractivity contribution < 1.29 is 14.6 Å². The molecule has 0 unspecified atom stereocenters. The van der Waals surface area contributed by atoms with E-state index in [0.29, 0.717) is 16.7 Å². The van der Waals surface area contributed by atoms with E-state index in [1.54, 1.807) is 13.1 Å². The summed E-state index contributed by atoms with van der Waals surface area (Å²) in [5, 5.41) is 14.5. The molecular formula is C17H17NO3. The number of phenols is 1. The Balaban J connectivity index is 2.43. The molecule has 0 atom stereocenters. The van der Waals surface area contributed by atoms with Crippen LogP contribution in [0, 0.1) is 0 Å². The van der Waals surface area contributed by atoms with Crippen LogP contribution in [0.2, 0.25) is 0 Å². The molecule has 0 saturated heterocycles. The molecule has 0 radical (unpaired) electrons. The highest BCUT2D eigenvalue weighted by atomic mass is 16.5. The van der Waals surface area contributed by atoms with Crippen molar-refractivity contribution in [2.24, 2.45) is 0 Å². The average molecular weight is 283 g/mol. The zero-order chi connectivity index (χ0) is 15.2. The van der Waals surface area contributed by atoms with Crippen LogP contribution in [0.15, 0.2) is 30.3 Å². The van der Waals surface area contributed by atoms with Gasteiger partial charge in [-0.15, -0.1) is 0 Å². The predicted octanol–water partition coefficient (Wildman–Crippen LogP) is 3.09. The summed E-state index contributed by atoms with van der Waals surface area (Å²) in [6.45, 7) is 3.90. The lowest BCUT2D eigenvalue weighted by molar-refractivity contribution is 0.0958. The number of aromatic hydroxyl groups is 1. The Kier molecular flexibility index (Phi) is 2.90. The summed E-state index contributed by atoms with van der Waals surface area (Å²) >= 11 is 0. The van der Waals surface area contributed by atoms with Crippen LogP contribution in [0.4, 0.5) is 0 Å². The molecule has 2 aromatic carbocycles. The Labute approximate surface area is 123 Å². The molecule has 2 aromatic rings. The molecule has 1 heterocycles. The highest BCUT2D eigenvalue weighted by Gasteiger charge is 2.29. The van der Waals surface area contributed by atoms with Crippen LogP contribution in [0.1, 0.15) is 29.8 Å². The fraction of sp³-hybridized carbons (Fsp3) is 0.235. The first kappa shape index (κ1) is 13.5. The van der Waals surface area contributed by atoms with Gasteiger partial charge in [0, 0.05) is 23.4 Å². The summed E-state index contributed by atoms with van der Waals surface area (Å²) < 4.78 is 6.04. The van der Waals surface area contributed by atoms with Gasteiger partial charge in [-0.2, -0.15) is 0 Å². The van der Waals surface area contributed by atoms with Crippen LogP contribution in [0.25, 0.3) is 16.8 Å². The number of amides is 1. The van der Waals surface area contributed by atoms with Crippen molar-refractivity contribution in [3.8, 4) is 11.5 Å². The zero-order valence-electron chi connectivity index (χ0n) is 12.2. The second-order valence-electron chi connectivity index (χ2n) is 5.63. The molecule has 0 spiro atoms. The van der Waals surface area contributed by atoms with Gasteiger partial charge in [0.2, 0.25) is 0 Å². The molecule has 4 heteroatoms. The van der Waals surface area contributed by atoms with Crippen LogP contribution < -0.4 is 10.1 Å². The minimum Gasteiger partial charge on any atom is -0.506 e. The number of carbonyl (C=O) groups excluding carboxylic acids is 1. The summed E-state index contributed by atoms with van der Waals surface area (Å²) in [6, 6.07) is 7.38. The summed E-state index contributed by atoms with van der Waals surface area (Å²) in [5.41, 5.74) is 0.412. The third-order valence-electron chi connectivity index (χ3n) is 3.65. The second-order valence-corrected chi connectivity index (χ2v) is 5.63. The maximum absolute atomic E-state index is 12.2. The SMILES string of the molecule is CNC(=O)c1c2c(c3ccccc3c1O)OC(C)(C)C=C2. The van der Waals surface area contributed by atoms with Crippen molar-refractivity contribution in [1.82, 2.24) is 5.32 Å². The summed E-state index contributed by atoms with van der Waals surface area (Å²) in [4.78, 5) is 12.2. The molecule has 1 aliphatic heterocycles. The normalized spacial score (nSPS) is 15.4. The molecule has 21 heavy (non-hydrogen) atoms. The fourth-order valence-electron chi connectivity index (χ4n) is 2.61. The number of ether oxygens (including phenoxy) is 1. The molecule has 1 amide bonds. The third-order valence-corrected chi connectivity index (χ3v) is 3.65. The van der Waals surface area contributed by atoms with Gasteiger partial charge in [0.1, 0.15) is 17.1 Å². The number of carbonyl (C=O) groups is 1. The molecule has 0 aliphatic carbocycles. The van der Waals surface area contributed by atoms with Gasteiger partial charge in [0.25, 0.3) is 5.91 Å². The topological polar surface area (TPSA) is 58.6 Å². The van der Waals surface area contributed by atoms with Crippen LogP contribution in [0.5, 0.6) is 11.5 Å². The van der Waals surface area contributed by atoms with Gasteiger partial charge in [-0.3, -0.25) is 4.79 Å². The van der Waals surface area contributed by atoms with E-state index in [9.17, 15) is 9.90 Å². The number of fused-ring (bicyclic) bond motifs is 3. The van der Waals surface area contributed by atoms with Gasteiger partial charge in [-0.25, -0.2) is 0 Å². The first-order chi connectivity index (χ1) is 9.94. The highest BCUT2D eigenvalue weighted by molar-refractivity contribution is 6.10. The van der Waals surface area contributed by atoms with Gasteiger partial charge in [-0.1, -0.05) is 30.3 Å². The van der Waals surface area contributed by atoms with Gasteiger partial charge < -0.3 is 15.2 Å². The van der Waals surface area contributed by atoms with Crippen LogP contribution in [-0.4, -0.2) is 23.7 Å².